The predicted octanol–water partition coefficient (Wildman–Crippen LogP) is 5.72. The van der Waals surface area contributed by atoms with Gasteiger partial charge in [0.15, 0.2) is 5.75 Å². The van der Waals surface area contributed by atoms with Crippen molar-refractivity contribution in [3.8, 4) is 17.2 Å². The van der Waals surface area contributed by atoms with Crippen LogP contribution in [0.1, 0.15) is 38.2 Å². The second kappa shape index (κ2) is 9.66. The van der Waals surface area contributed by atoms with Gasteiger partial charge in [0.25, 0.3) is 0 Å². The molecule has 2 aromatic rings. The van der Waals surface area contributed by atoms with Gasteiger partial charge in [0.2, 0.25) is 5.91 Å². The minimum Gasteiger partial charge on any atom is -0.496 e. The Morgan fingerprint density at radius 3 is 2.29 bits per heavy atom. The molecule has 2 rings (SSSR count). The van der Waals surface area contributed by atoms with E-state index >= 15 is 0 Å². The Morgan fingerprint density at radius 2 is 1.75 bits per heavy atom. The van der Waals surface area contributed by atoms with Crippen LogP contribution in [-0.4, -0.2) is 24.1 Å². The smallest absolute Gasteiger partial charge is 0.303 e. The highest BCUT2D eigenvalue weighted by molar-refractivity contribution is 6.37. The SMILES string of the molecule is COc1ccc(Oc2c(Cl)cc(NC(=O)CCC(=O)O)cc2Cl)cc1C(C)C. The van der Waals surface area contributed by atoms with Crippen molar-refractivity contribution in [3.05, 3.63) is 45.9 Å². The van der Waals surface area contributed by atoms with Gasteiger partial charge >= 0.3 is 5.97 Å². The lowest BCUT2D eigenvalue weighted by Gasteiger charge is -2.16. The zero-order valence-electron chi connectivity index (χ0n) is 15.7. The first kappa shape index (κ1) is 21.9. The van der Waals surface area contributed by atoms with E-state index in [1.54, 1.807) is 13.2 Å². The molecular formula is C20H21Cl2NO5. The molecule has 0 bridgehead atoms. The number of carboxylic acid groups (broad SMARTS) is 1. The first-order chi connectivity index (χ1) is 13.2. The Balaban J connectivity index is 2.20. The molecule has 0 spiro atoms. The molecule has 0 fully saturated rings. The second-order valence-electron chi connectivity index (χ2n) is 6.37. The lowest BCUT2D eigenvalue weighted by Crippen LogP contribution is -2.13. The number of rotatable bonds is 8. The van der Waals surface area contributed by atoms with E-state index in [0.29, 0.717) is 11.4 Å². The molecule has 0 saturated heterocycles. The maximum absolute atomic E-state index is 11.8. The maximum Gasteiger partial charge on any atom is 0.303 e. The number of methoxy groups -OCH3 is 1. The van der Waals surface area contributed by atoms with Crippen LogP contribution in [0.15, 0.2) is 30.3 Å². The van der Waals surface area contributed by atoms with Gasteiger partial charge in [0.05, 0.1) is 23.6 Å². The molecule has 0 unspecified atom stereocenters. The summed E-state index contributed by atoms with van der Waals surface area (Å²) in [6.07, 6.45) is -0.406. The van der Waals surface area contributed by atoms with Gasteiger partial charge < -0.3 is 19.9 Å². The highest BCUT2D eigenvalue weighted by Crippen LogP contribution is 2.40. The summed E-state index contributed by atoms with van der Waals surface area (Å²) in [4.78, 5) is 22.3. The number of ether oxygens (including phenoxy) is 2. The van der Waals surface area contributed by atoms with Gasteiger partial charge in [0, 0.05) is 17.7 Å². The van der Waals surface area contributed by atoms with Crippen LogP contribution in [0.5, 0.6) is 17.2 Å². The zero-order chi connectivity index (χ0) is 20.8. The van der Waals surface area contributed by atoms with Crippen molar-refractivity contribution in [2.75, 3.05) is 12.4 Å². The van der Waals surface area contributed by atoms with E-state index in [-0.39, 0.29) is 34.6 Å². The number of aliphatic carboxylic acids is 1. The van der Waals surface area contributed by atoms with Crippen LogP contribution < -0.4 is 14.8 Å². The number of halogens is 2. The fourth-order valence-corrected chi connectivity index (χ4v) is 3.08. The molecule has 150 valence electrons. The standard InChI is InChI=1S/C20H21Cl2NO5/c1-11(2)14-10-13(4-5-17(14)27-3)28-20-15(21)8-12(9-16(20)22)23-18(24)6-7-19(25)26/h4-5,8-11H,6-7H2,1-3H3,(H,23,24)(H,25,26). The summed E-state index contributed by atoms with van der Waals surface area (Å²) < 4.78 is 11.2. The third-order valence-corrected chi connectivity index (χ3v) is 4.45. The third kappa shape index (κ3) is 5.78. The van der Waals surface area contributed by atoms with Crippen molar-refractivity contribution in [1.82, 2.24) is 0 Å². The Hall–Kier alpha value is -2.44. The molecule has 0 aliphatic rings. The van der Waals surface area contributed by atoms with Crippen LogP contribution in [-0.2, 0) is 9.59 Å². The molecule has 0 aromatic heterocycles. The van der Waals surface area contributed by atoms with E-state index in [9.17, 15) is 9.59 Å². The first-order valence-corrected chi connectivity index (χ1v) is 9.33. The summed E-state index contributed by atoms with van der Waals surface area (Å²) >= 11 is 12.6. The second-order valence-corrected chi connectivity index (χ2v) is 7.19. The minimum absolute atomic E-state index is 0.146. The van der Waals surface area contributed by atoms with Gasteiger partial charge in [-0.25, -0.2) is 0 Å². The van der Waals surface area contributed by atoms with Crippen molar-refractivity contribution >= 4 is 40.8 Å². The number of benzene rings is 2. The van der Waals surface area contributed by atoms with E-state index in [0.717, 1.165) is 11.3 Å². The molecular weight excluding hydrogens is 405 g/mol. The fraction of sp³-hybridized carbons (Fsp3) is 0.300. The summed E-state index contributed by atoms with van der Waals surface area (Å²) in [5, 5.41) is 11.6. The monoisotopic (exact) mass is 425 g/mol. The molecule has 0 saturated carbocycles. The van der Waals surface area contributed by atoms with Gasteiger partial charge in [-0.15, -0.1) is 0 Å². The van der Waals surface area contributed by atoms with Crippen molar-refractivity contribution in [3.63, 3.8) is 0 Å². The molecule has 2 N–H and O–H groups in total. The average molecular weight is 426 g/mol. The minimum atomic E-state index is -1.05. The van der Waals surface area contributed by atoms with E-state index in [1.165, 1.54) is 12.1 Å². The summed E-state index contributed by atoms with van der Waals surface area (Å²) in [5.41, 5.74) is 1.34. The lowest BCUT2D eigenvalue weighted by molar-refractivity contribution is -0.138. The van der Waals surface area contributed by atoms with Crippen LogP contribution in [0, 0.1) is 0 Å². The number of amides is 1. The molecule has 28 heavy (non-hydrogen) atoms. The Kier molecular flexibility index (Phi) is 7.54. The van der Waals surface area contributed by atoms with Gasteiger partial charge in [-0.3, -0.25) is 9.59 Å². The molecule has 8 heteroatoms. The third-order valence-electron chi connectivity index (χ3n) is 3.89. The molecule has 0 heterocycles. The number of nitrogens with one attached hydrogen (secondary N) is 1. The van der Waals surface area contributed by atoms with E-state index in [2.05, 4.69) is 5.32 Å². The number of hydrogen-bond donors (Lipinski definition) is 2. The van der Waals surface area contributed by atoms with E-state index < -0.39 is 11.9 Å². The highest BCUT2D eigenvalue weighted by atomic mass is 35.5. The summed E-state index contributed by atoms with van der Waals surface area (Å²) in [6, 6.07) is 8.41. The van der Waals surface area contributed by atoms with Crippen molar-refractivity contribution < 1.29 is 24.2 Å². The maximum atomic E-state index is 11.8. The van der Waals surface area contributed by atoms with Crippen molar-refractivity contribution in [1.29, 1.82) is 0 Å². The highest BCUT2D eigenvalue weighted by Gasteiger charge is 2.15. The molecule has 1 amide bonds. The Labute approximate surface area is 173 Å². The quantitative estimate of drug-likeness (QED) is 0.564. The number of carbonyl (C=O) groups excluding carboxylic acids is 1. The summed E-state index contributed by atoms with van der Waals surface area (Å²) in [7, 11) is 1.61. The summed E-state index contributed by atoms with van der Waals surface area (Å²) in [5.74, 6) is 0.306. The van der Waals surface area contributed by atoms with Gasteiger partial charge in [0.1, 0.15) is 11.5 Å². The first-order valence-electron chi connectivity index (χ1n) is 8.57. The number of carboxylic acids is 1. The number of hydrogen-bond acceptors (Lipinski definition) is 4. The van der Waals surface area contributed by atoms with Gasteiger partial charge in [-0.1, -0.05) is 37.0 Å². The van der Waals surface area contributed by atoms with Gasteiger partial charge in [-0.05, 0) is 36.2 Å². The molecule has 0 radical (unpaired) electrons. The molecule has 6 nitrogen and oxygen atoms in total. The van der Waals surface area contributed by atoms with Crippen LogP contribution in [0.25, 0.3) is 0 Å². The topological polar surface area (TPSA) is 84.9 Å². The predicted molar refractivity (Wildman–Crippen MR) is 109 cm³/mol. The Bertz CT molecular complexity index is 860. The average Bonchev–Trinajstić information content (AvgIpc) is 2.62. The molecule has 0 aliphatic carbocycles. The van der Waals surface area contributed by atoms with E-state index in [1.807, 2.05) is 26.0 Å². The van der Waals surface area contributed by atoms with Crippen LogP contribution >= 0.6 is 23.2 Å². The zero-order valence-corrected chi connectivity index (χ0v) is 17.2. The van der Waals surface area contributed by atoms with Crippen LogP contribution in [0.4, 0.5) is 5.69 Å². The van der Waals surface area contributed by atoms with Crippen molar-refractivity contribution in [2.45, 2.75) is 32.6 Å². The van der Waals surface area contributed by atoms with Crippen LogP contribution in [0.2, 0.25) is 10.0 Å². The van der Waals surface area contributed by atoms with E-state index in [4.69, 9.17) is 37.8 Å². The normalized spacial score (nSPS) is 10.6. The fourth-order valence-electron chi connectivity index (χ4n) is 2.52. The Morgan fingerprint density at radius 1 is 1.11 bits per heavy atom. The molecule has 2 aromatic carbocycles. The molecule has 0 atom stereocenters. The lowest BCUT2D eigenvalue weighted by atomic mass is 10.0. The van der Waals surface area contributed by atoms with Crippen LogP contribution in [0.3, 0.4) is 0 Å². The number of anilines is 1. The molecule has 0 aliphatic heterocycles. The summed E-state index contributed by atoms with van der Waals surface area (Å²) in [6.45, 7) is 4.09. The largest absolute Gasteiger partial charge is 0.496 e. The van der Waals surface area contributed by atoms with Crippen molar-refractivity contribution in [2.24, 2.45) is 0 Å². The number of carbonyl (C=O) groups is 2. The van der Waals surface area contributed by atoms with Gasteiger partial charge in [-0.2, -0.15) is 0 Å².